The maximum atomic E-state index is 14.6. The third kappa shape index (κ3) is 4.71. The van der Waals surface area contributed by atoms with Crippen LogP contribution < -0.4 is 0 Å². The number of benzene rings is 3. The van der Waals surface area contributed by atoms with Gasteiger partial charge in [-0.2, -0.15) is 4.99 Å². The van der Waals surface area contributed by atoms with Gasteiger partial charge in [0.25, 0.3) is 0 Å². The summed E-state index contributed by atoms with van der Waals surface area (Å²) in [6.07, 6.45) is 7.93. The van der Waals surface area contributed by atoms with Gasteiger partial charge in [-0.25, -0.2) is 8.78 Å². The molecule has 1 nitrogen and oxygen atoms in total. The van der Waals surface area contributed by atoms with Crippen molar-refractivity contribution >= 4 is 29.1 Å². The summed E-state index contributed by atoms with van der Waals surface area (Å²) in [5.41, 5.74) is 5.94. The minimum absolute atomic E-state index is 0.0670. The van der Waals surface area contributed by atoms with E-state index in [2.05, 4.69) is 58.5 Å². The number of allylic oxidation sites excluding steroid dienone is 1. The molecule has 0 aromatic heterocycles. The number of aliphatic imine (C=N–C) groups is 1. The first-order valence-corrected chi connectivity index (χ1v) is 11.5. The molecule has 1 fully saturated rings. The van der Waals surface area contributed by atoms with Crippen molar-refractivity contribution in [2.75, 3.05) is 0 Å². The lowest BCUT2D eigenvalue weighted by molar-refractivity contribution is 0.314. The molecule has 162 valence electrons. The van der Waals surface area contributed by atoms with Crippen molar-refractivity contribution in [3.63, 3.8) is 0 Å². The first-order valence-electron chi connectivity index (χ1n) is 11.1. The standard InChI is InChI=1S/C29H21F2NS/c30-27-16-26(32-18-33)17-28(31)29(27)24-11-10-23-13-22(14-25(23)15-24)9-6-19-4-7-21(8-5-19)12-20-2-1-3-20/h4-5,7-8,10-11,13,15-17,20H,1-3,12,14H2. The van der Waals surface area contributed by atoms with E-state index in [9.17, 15) is 8.78 Å². The predicted molar refractivity (Wildman–Crippen MR) is 133 cm³/mol. The summed E-state index contributed by atoms with van der Waals surface area (Å²) in [5.74, 6) is 6.02. The molecule has 33 heavy (non-hydrogen) atoms. The monoisotopic (exact) mass is 453 g/mol. The second-order valence-corrected chi connectivity index (χ2v) is 8.88. The number of hydrogen-bond donors (Lipinski definition) is 0. The van der Waals surface area contributed by atoms with E-state index in [1.54, 1.807) is 6.07 Å². The summed E-state index contributed by atoms with van der Waals surface area (Å²) >= 11 is 4.51. The van der Waals surface area contributed by atoms with E-state index in [1.165, 1.54) is 31.2 Å². The summed E-state index contributed by atoms with van der Waals surface area (Å²) in [4.78, 5) is 3.66. The SMILES string of the molecule is Fc1cc(N=C=S)cc(F)c1-c1ccc2c(c1)CC(C#Cc1ccc(CC3CCC3)cc1)=C2. The van der Waals surface area contributed by atoms with E-state index in [4.69, 9.17) is 0 Å². The van der Waals surface area contributed by atoms with Crippen LogP contribution in [0.5, 0.6) is 0 Å². The van der Waals surface area contributed by atoms with Crippen LogP contribution in [0.4, 0.5) is 14.5 Å². The predicted octanol–water partition coefficient (Wildman–Crippen LogP) is 7.70. The van der Waals surface area contributed by atoms with Crippen LogP contribution in [0.15, 0.2) is 65.2 Å². The number of thiocarbonyl (C=S) groups is 1. The maximum absolute atomic E-state index is 14.6. The van der Waals surface area contributed by atoms with Gasteiger partial charge in [-0.3, -0.25) is 0 Å². The molecular weight excluding hydrogens is 432 g/mol. The Bertz CT molecular complexity index is 1340. The highest BCUT2D eigenvalue weighted by molar-refractivity contribution is 7.78. The Morgan fingerprint density at radius 3 is 2.36 bits per heavy atom. The van der Waals surface area contributed by atoms with Crippen LogP contribution in [0.1, 0.15) is 41.5 Å². The van der Waals surface area contributed by atoms with Crippen LogP contribution in [0.25, 0.3) is 17.2 Å². The Balaban J connectivity index is 1.31. The van der Waals surface area contributed by atoms with E-state index in [0.717, 1.165) is 40.3 Å². The molecule has 0 N–H and O–H groups in total. The lowest BCUT2D eigenvalue weighted by Gasteiger charge is -2.25. The van der Waals surface area contributed by atoms with Gasteiger partial charge in [0.05, 0.1) is 16.4 Å². The summed E-state index contributed by atoms with van der Waals surface area (Å²) in [6, 6.07) is 16.3. The number of rotatable bonds is 4. The van der Waals surface area contributed by atoms with Crippen molar-refractivity contribution in [2.24, 2.45) is 10.9 Å². The minimum atomic E-state index is -0.675. The molecule has 0 aliphatic heterocycles. The maximum Gasteiger partial charge on any atom is 0.136 e. The number of fused-ring (bicyclic) bond motifs is 1. The highest BCUT2D eigenvalue weighted by Gasteiger charge is 2.18. The van der Waals surface area contributed by atoms with Crippen molar-refractivity contribution < 1.29 is 8.78 Å². The van der Waals surface area contributed by atoms with Crippen molar-refractivity contribution in [3.8, 4) is 23.0 Å². The summed E-state index contributed by atoms with van der Waals surface area (Å²) in [7, 11) is 0. The van der Waals surface area contributed by atoms with Crippen LogP contribution >= 0.6 is 12.2 Å². The number of nitrogens with zero attached hydrogens (tertiary/aromatic N) is 1. The number of halogens is 2. The molecular formula is C29H21F2NS. The van der Waals surface area contributed by atoms with Crippen molar-refractivity contribution in [1.82, 2.24) is 0 Å². The fourth-order valence-corrected chi connectivity index (χ4v) is 4.54. The third-order valence-electron chi connectivity index (χ3n) is 6.41. The Kier molecular flexibility index (Phi) is 6.01. The fraction of sp³-hybridized carbons (Fsp3) is 0.207. The Labute approximate surface area is 197 Å². The van der Waals surface area contributed by atoms with Gasteiger partial charge in [-0.15, -0.1) is 0 Å². The molecule has 0 amide bonds. The molecule has 0 saturated heterocycles. The van der Waals surface area contributed by atoms with Gasteiger partial charge in [-0.1, -0.05) is 55.4 Å². The average molecular weight is 454 g/mol. The lowest BCUT2D eigenvalue weighted by Crippen LogP contribution is -2.13. The number of hydrogen-bond acceptors (Lipinski definition) is 2. The molecule has 1 saturated carbocycles. The molecule has 0 unspecified atom stereocenters. The highest BCUT2D eigenvalue weighted by atomic mass is 32.1. The van der Waals surface area contributed by atoms with Gasteiger partial charge in [0.15, 0.2) is 0 Å². The molecule has 0 atom stereocenters. The molecule has 0 bridgehead atoms. The first kappa shape index (κ1) is 21.5. The highest BCUT2D eigenvalue weighted by Crippen LogP contribution is 2.34. The second-order valence-electron chi connectivity index (χ2n) is 8.70. The Hall–Kier alpha value is -3.38. The van der Waals surface area contributed by atoms with Gasteiger partial charge >= 0.3 is 0 Å². The topological polar surface area (TPSA) is 12.4 Å². The molecule has 2 aliphatic carbocycles. The molecule has 4 heteroatoms. The smallest absolute Gasteiger partial charge is 0.136 e. The third-order valence-corrected chi connectivity index (χ3v) is 6.51. The van der Waals surface area contributed by atoms with Crippen molar-refractivity contribution in [1.29, 1.82) is 0 Å². The Morgan fingerprint density at radius 2 is 1.70 bits per heavy atom. The van der Waals surface area contributed by atoms with Crippen LogP contribution in [0.3, 0.4) is 0 Å². The van der Waals surface area contributed by atoms with E-state index in [-0.39, 0.29) is 11.3 Å². The largest absolute Gasteiger partial charge is 0.206 e. The van der Waals surface area contributed by atoms with Crippen LogP contribution in [0, 0.1) is 29.4 Å². The van der Waals surface area contributed by atoms with Gasteiger partial charge in [0.1, 0.15) is 11.6 Å². The molecule has 0 radical (unpaired) electrons. The van der Waals surface area contributed by atoms with Crippen molar-refractivity contribution in [3.05, 3.63) is 94.1 Å². The minimum Gasteiger partial charge on any atom is -0.206 e. The van der Waals surface area contributed by atoms with Crippen LogP contribution in [0.2, 0.25) is 0 Å². The number of isothiocyanates is 1. The van der Waals surface area contributed by atoms with E-state index >= 15 is 0 Å². The van der Waals surface area contributed by atoms with Gasteiger partial charge in [0.2, 0.25) is 0 Å². The second kappa shape index (κ2) is 9.24. The quantitative estimate of drug-likeness (QED) is 0.224. The normalized spacial score (nSPS) is 14.4. The zero-order chi connectivity index (χ0) is 22.8. The molecule has 3 aromatic rings. The van der Waals surface area contributed by atoms with Crippen LogP contribution in [-0.4, -0.2) is 5.16 Å². The van der Waals surface area contributed by atoms with E-state index in [0.29, 0.717) is 12.0 Å². The molecule has 5 rings (SSSR count). The van der Waals surface area contributed by atoms with Crippen LogP contribution in [-0.2, 0) is 12.8 Å². The zero-order valence-corrected chi connectivity index (χ0v) is 18.8. The van der Waals surface area contributed by atoms with Gasteiger partial charge in [0, 0.05) is 29.7 Å². The summed E-state index contributed by atoms with van der Waals surface area (Å²) in [6.45, 7) is 0. The first-order chi connectivity index (χ1) is 16.1. The van der Waals surface area contributed by atoms with Crippen molar-refractivity contribution in [2.45, 2.75) is 32.1 Å². The van der Waals surface area contributed by atoms with Gasteiger partial charge in [-0.05, 0) is 71.1 Å². The molecule has 0 heterocycles. The fourth-order valence-electron chi connectivity index (χ4n) is 4.44. The van der Waals surface area contributed by atoms with Gasteiger partial charge < -0.3 is 0 Å². The summed E-state index contributed by atoms with van der Waals surface area (Å²) < 4.78 is 29.2. The average Bonchev–Trinajstić information content (AvgIpc) is 3.18. The Morgan fingerprint density at radius 1 is 0.939 bits per heavy atom. The van der Waals surface area contributed by atoms with E-state index in [1.807, 2.05) is 18.2 Å². The molecule has 2 aliphatic rings. The molecule has 0 spiro atoms. The lowest BCUT2D eigenvalue weighted by atomic mass is 9.81. The molecule has 3 aromatic carbocycles. The van der Waals surface area contributed by atoms with E-state index < -0.39 is 11.6 Å². The zero-order valence-electron chi connectivity index (χ0n) is 18.0. The summed E-state index contributed by atoms with van der Waals surface area (Å²) in [5, 5.41) is 2.13.